The van der Waals surface area contributed by atoms with Crippen LogP contribution in [0.1, 0.15) is 58.4 Å². The Kier molecular flexibility index (Phi) is 9.29. The van der Waals surface area contributed by atoms with Crippen molar-refractivity contribution < 1.29 is 33.5 Å². The normalized spacial score (nSPS) is 19.4. The first-order chi connectivity index (χ1) is 23.0. The average molecular weight is 674 g/mol. The first-order valence-corrected chi connectivity index (χ1v) is 15.9. The molecule has 0 radical (unpaired) electrons. The van der Waals surface area contributed by atoms with Gasteiger partial charge < -0.3 is 30.8 Å². The van der Waals surface area contributed by atoms with Crippen LogP contribution in [0.3, 0.4) is 0 Å². The lowest BCUT2D eigenvalue weighted by Crippen LogP contribution is -2.49. The molecule has 0 bridgehead atoms. The Morgan fingerprint density at radius 1 is 1.04 bits per heavy atom. The second kappa shape index (κ2) is 13.6. The van der Waals surface area contributed by atoms with Crippen molar-refractivity contribution in [1.29, 1.82) is 0 Å². The Morgan fingerprint density at radius 3 is 2.46 bits per heavy atom. The van der Waals surface area contributed by atoms with Crippen molar-refractivity contribution in [3.63, 3.8) is 0 Å². The van der Waals surface area contributed by atoms with Gasteiger partial charge >= 0.3 is 5.97 Å². The molecule has 4 N–H and O–H groups in total. The molecular weight excluding hydrogens is 641 g/mol. The smallest absolute Gasteiger partial charge is 0.335 e. The molecule has 0 fully saturated rings. The minimum Gasteiger partial charge on any atom is -0.478 e. The number of halogens is 2. The minimum absolute atomic E-state index is 0.0198. The third-order valence-corrected chi connectivity index (χ3v) is 9.11. The quantitative estimate of drug-likeness (QED) is 0.336. The summed E-state index contributed by atoms with van der Waals surface area (Å²) >= 11 is 5.96. The first-order valence-electron chi connectivity index (χ1n) is 15.5. The number of carboxylic acid groups (broad SMARTS) is 1. The minimum atomic E-state index is -1.10. The molecule has 13 heteroatoms. The molecule has 3 aromatic carbocycles. The number of carboxylic acids is 1. The second-order valence-corrected chi connectivity index (χ2v) is 12.3. The van der Waals surface area contributed by atoms with Gasteiger partial charge in [-0.05, 0) is 78.4 Å². The Morgan fingerprint density at radius 2 is 1.77 bits per heavy atom. The Labute approximate surface area is 280 Å². The predicted molar refractivity (Wildman–Crippen MR) is 177 cm³/mol. The monoisotopic (exact) mass is 673 g/mol. The summed E-state index contributed by atoms with van der Waals surface area (Å²) in [5.41, 5.74) is 10.1. The SMILES string of the molecule is CC(N)C(=O)N1CC=C(c2cccc3c2CCN(C(=O)[C@H]2CC(c4cccc(Cl)c4F)=NO2)[C@@H]3C(=O)Nc2ccc(C(=O)O)cc2)CC1. The number of carbonyl (C=O) groups is 4. The number of rotatable bonds is 7. The number of hydrogen-bond donors (Lipinski definition) is 3. The van der Waals surface area contributed by atoms with Gasteiger partial charge in [-0.25, -0.2) is 9.18 Å². The third-order valence-electron chi connectivity index (χ3n) is 8.82. The van der Waals surface area contributed by atoms with E-state index in [0.717, 1.165) is 16.7 Å². The molecule has 0 saturated carbocycles. The lowest BCUT2D eigenvalue weighted by molar-refractivity contribution is -0.148. The van der Waals surface area contributed by atoms with E-state index in [-0.39, 0.29) is 40.7 Å². The molecule has 0 aliphatic carbocycles. The molecule has 248 valence electrons. The van der Waals surface area contributed by atoms with E-state index < -0.39 is 41.8 Å². The van der Waals surface area contributed by atoms with Gasteiger partial charge in [-0.3, -0.25) is 14.4 Å². The number of amides is 3. The van der Waals surface area contributed by atoms with Gasteiger partial charge in [0.15, 0.2) is 5.82 Å². The van der Waals surface area contributed by atoms with Crippen LogP contribution in [0.2, 0.25) is 5.02 Å². The summed E-state index contributed by atoms with van der Waals surface area (Å²) < 4.78 is 14.8. The van der Waals surface area contributed by atoms with Crippen LogP contribution in [0, 0.1) is 5.82 Å². The number of benzene rings is 3. The highest BCUT2D eigenvalue weighted by Gasteiger charge is 2.42. The number of nitrogens with two attached hydrogens (primary N) is 1. The van der Waals surface area contributed by atoms with Crippen molar-refractivity contribution in [3.8, 4) is 0 Å². The van der Waals surface area contributed by atoms with Gasteiger partial charge in [0.25, 0.3) is 11.8 Å². The molecule has 1 unspecified atom stereocenters. The molecule has 11 nitrogen and oxygen atoms in total. The summed E-state index contributed by atoms with van der Waals surface area (Å²) in [7, 11) is 0. The fourth-order valence-electron chi connectivity index (χ4n) is 6.38. The molecule has 6 rings (SSSR count). The Balaban J connectivity index is 1.30. The predicted octanol–water partition coefficient (Wildman–Crippen LogP) is 4.40. The summed E-state index contributed by atoms with van der Waals surface area (Å²) in [6.07, 6.45) is 1.92. The van der Waals surface area contributed by atoms with Crippen LogP contribution in [0.25, 0.3) is 5.57 Å². The van der Waals surface area contributed by atoms with Gasteiger partial charge in [0, 0.05) is 37.3 Å². The molecule has 3 aliphatic rings. The maximum atomic E-state index is 14.8. The summed E-state index contributed by atoms with van der Waals surface area (Å²) in [6.45, 7) is 2.76. The molecule has 0 aromatic heterocycles. The van der Waals surface area contributed by atoms with Crippen molar-refractivity contribution in [2.24, 2.45) is 10.9 Å². The first kappa shape index (κ1) is 32.9. The molecular formula is C35H33ClFN5O6. The number of carbonyl (C=O) groups excluding carboxylic acids is 3. The van der Waals surface area contributed by atoms with Gasteiger partial charge in [-0.1, -0.05) is 47.1 Å². The van der Waals surface area contributed by atoms with Crippen LogP contribution in [-0.2, 0) is 25.6 Å². The topological polar surface area (TPSA) is 155 Å². The number of oxime groups is 1. The third kappa shape index (κ3) is 6.41. The van der Waals surface area contributed by atoms with E-state index in [1.807, 2.05) is 24.3 Å². The van der Waals surface area contributed by atoms with E-state index in [1.165, 1.54) is 41.3 Å². The van der Waals surface area contributed by atoms with Gasteiger partial charge in [0.05, 0.1) is 22.3 Å². The number of aromatic carboxylic acids is 1. The fraction of sp³-hybridized carbons (Fsp3) is 0.286. The maximum Gasteiger partial charge on any atom is 0.335 e. The lowest BCUT2D eigenvalue weighted by atomic mass is 9.84. The van der Waals surface area contributed by atoms with Crippen molar-refractivity contribution in [3.05, 3.63) is 105 Å². The highest BCUT2D eigenvalue weighted by atomic mass is 35.5. The van der Waals surface area contributed by atoms with E-state index in [9.17, 15) is 28.7 Å². The Bertz CT molecular complexity index is 1860. The number of anilines is 1. The van der Waals surface area contributed by atoms with E-state index >= 15 is 0 Å². The number of nitrogens with zero attached hydrogens (tertiary/aromatic N) is 3. The van der Waals surface area contributed by atoms with Crippen LogP contribution in [0.5, 0.6) is 0 Å². The average Bonchev–Trinajstić information content (AvgIpc) is 3.58. The molecule has 0 saturated heterocycles. The van der Waals surface area contributed by atoms with Crippen LogP contribution in [-0.4, -0.2) is 76.1 Å². The van der Waals surface area contributed by atoms with E-state index in [0.29, 0.717) is 37.2 Å². The second-order valence-electron chi connectivity index (χ2n) is 11.9. The number of hydrogen-bond acceptors (Lipinski definition) is 7. The standard InChI is InChI=1S/C35H33ClFN5O6/c1-19(38)33(44)41-15-12-20(13-16-41)23-4-2-5-25-24(23)14-17-42(31(25)32(43)39-22-10-8-21(9-11-22)35(46)47)34(45)29-18-28(40-48-29)26-6-3-7-27(36)30(26)37/h2-12,19,29,31H,13-18,38H2,1H3,(H,39,43)(H,46,47)/t19?,29-,31+/m1/s1. The summed E-state index contributed by atoms with van der Waals surface area (Å²) in [5, 5.41) is 16.0. The van der Waals surface area contributed by atoms with Crippen LogP contribution in [0.4, 0.5) is 10.1 Å². The highest BCUT2D eigenvalue weighted by Crippen LogP contribution is 2.38. The maximum absolute atomic E-state index is 14.8. The summed E-state index contributed by atoms with van der Waals surface area (Å²) in [4.78, 5) is 60.6. The van der Waals surface area contributed by atoms with Crippen LogP contribution < -0.4 is 11.1 Å². The fourth-order valence-corrected chi connectivity index (χ4v) is 6.55. The van der Waals surface area contributed by atoms with Crippen molar-refractivity contribution in [2.75, 3.05) is 25.0 Å². The van der Waals surface area contributed by atoms with E-state index in [2.05, 4.69) is 10.5 Å². The number of nitrogens with one attached hydrogen (secondary N) is 1. The Hall–Kier alpha value is -5.07. The van der Waals surface area contributed by atoms with Crippen molar-refractivity contribution in [1.82, 2.24) is 9.80 Å². The lowest BCUT2D eigenvalue weighted by Gasteiger charge is -2.38. The molecule has 3 atom stereocenters. The molecule has 0 spiro atoms. The van der Waals surface area contributed by atoms with Crippen LogP contribution in [0.15, 0.2) is 71.9 Å². The highest BCUT2D eigenvalue weighted by molar-refractivity contribution is 6.31. The summed E-state index contributed by atoms with van der Waals surface area (Å²) in [6, 6.07) is 14.2. The van der Waals surface area contributed by atoms with Crippen molar-refractivity contribution >= 4 is 52.3 Å². The van der Waals surface area contributed by atoms with E-state index in [4.69, 9.17) is 22.2 Å². The zero-order valence-electron chi connectivity index (χ0n) is 26.0. The van der Waals surface area contributed by atoms with Gasteiger partial charge in [-0.2, -0.15) is 0 Å². The van der Waals surface area contributed by atoms with E-state index in [1.54, 1.807) is 17.9 Å². The van der Waals surface area contributed by atoms with Gasteiger partial charge in [0.2, 0.25) is 12.0 Å². The molecule has 3 amide bonds. The molecule has 3 heterocycles. The molecule has 3 aromatic rings. The zero-order valence-corrected chi connectivity index (χ0v) is 26.7. The van der Waals surface area contributed by atoms with Crippen molar-refractivity contribution in [2.45, 2.75) is 44.4 Å². The zero-order chi connectivity index (χ0) is 34.1. The summed E-state index contributed by atoms with van der Waals surface area (Å²) in [5.74, 6) is -2.88. The molecule has 3 aliphatic heterocycles. The number of fused-ring (bicyclic) bond motifs is 1. The van der Waals surface area contributed by atoms with Gasteiger partial charge in [0.1, 0.15) is 6.04 Å². The molecule has 48 heavy (non-hydrogen) atoms. The van der Waals surface area contributed by atoms with Crippen LogP contribution >= 0.6 is 11.6 Å². The largest absolute Gasteiger partial charge is 0.478 e. The van der Waals surface area contributed by atoms with Gasteiger partial charge in [-0.15, -0.1) is 0 Å².